The average molecular weight is 344 g/mol. The molecule has 2 N–H and O–H groups in total. The summed E-state index contributed by atoms with van der Waals surface area (Å²) < 4.78 is 6.14. The average Bonchev–Trinajstić information content (AvgIpc) is 2.41. The minimum absolute atomic E-state index is 0.257. The second-order valence-electron chi connectivity index (χ2n) is 4.97. The predicted octanol–water partition coefficient (Wildman–Crippen LogP) is 3.44. The van der Waals surface area contributed by atoms with Crippen LogP contribution in [-0.4, -0.2) is 24.7 Å². The van der Waals surface area contributed by atoms with Gasteiger partial charge >= 0.3 is 5.97 Å². The number of carbonyl (C=O) groups is 1. The van der Waals surface area contributed by atoms with Crippen LogP contribution in [0.5, 0.6) is 5.75 Å². The van der Waals surface area contributed by atoms with Crippen molar-refractivity contribution in [1.29, 1.82) is 0 Å². The van der Waals surface area contributed by atoms with Gasteiger partial charge in [0.15, 0.2) is 0 Å². The van der Waals surface area contributed by atoms with Gasteiger partial charge in [-0.2, -0.15) is 0 Å². The van der Waals surface area contributed by atoms with Gasteiger partial charge in [-0.3, -0.25) is 4.79 Å². The molecule has 0 bridgehead atoms. The van der Waals surface area contributed by atoms with Gasteiger partial charge in [0.2, 0.25) is 0 Å². The second-order valence-corrected chi connectivity index (χ2v) is 5.83. The van der Waals surface area contributed by atoms with E-state index in [1.165, 1.54) is 5.56 Å². The molecule has 0 saturated heterocycles. The van der Waals surface area contributed by atoms with E-state index in [0.29, 0.717) is 5.92 Å². The molecule has 0 fully saturated rings. The summed E-state index contributed by atoms with van der Waals surface area (Å²) in [6, 6.07) is 6.01. The van der Waals surface area contributed by atoms with Gasteiger partial charge < -0.3 is 15.2 Å². The number of hydrogen-bond acceptors (Lipinski definition) is 3. The number of ether oxygens (including phenoxy) is 1. The topological polar surface area (TPSA) is 58.6 Å². The molecular formula is C15H22BrNO3. The van der Waals surface area contributed by atoms with Gasteiger partial charge in [-0.25, -0.2) is 0 Å². The lowest BCUT2D eigenvalue weighted by atomic mass is 10.0. The maximum absolute atomic E-state index is 10.5. The van der Waals surface area contributed by atoms with E-state index in [9.17, 15) is 4.79 Å². The van der Waals surface area contributed by atoms with Gasteiger partial charge in [0.05, 0.1) is 11.6 Å². The number of hydrogen-bond donors (Lipinski definition) is 2. The molecule has 1 rings (SSSR count). The van der Waals surface area contributed by atoms with Crippen molar-refractivity contribution >= 4 is 21.9 Å². The molecule has 0 aliphatic rings. The zero-order valence-corrected chi connectivity index (χ0v) is 13.6. The Hall–Kier alpha value is -1.07. The Labute approximate surface area is 128 Å². The van der Waals surface area contributed by atoms with Crippen molar-refractivity contribution in [3.05, 3.63) is 28.2 Å². The molecule has 1 unspecified atom stereocenters. The van der Waals surface area contributed by atoms with Gasteiger partial charge in [0, 0.05) is 13.0 Å². The molecule has 0 aliphatic carbocycles. The number of carboxylic acid groups (broad SMARTS) is 1. The van der Waals surface area contributed by atoms with E-state index in [2.05, 4.69) is 28.2 Å². The fourth-order valence-corrected chi connectivity index (χ4v) is 2.50. The van der Waals surface area contributed by atoms with Crippen molar-refractivity contribution in [2.75, 3.05) is 13.7 Å². The fraction of sp³-hybridized carbons (Fsp3) is 0.533. The van der Waals surface area contributed by atoms with E-state index >= 15 is 0 Å². The molecule has 0 aromatic heterocycles. The number of nitrogens with one attached hydrogen (secondary N) is 1. The maximum Gasteiger partial charge on any atom is 0.303 e. The lowest BCUT2D eigenvalue weighted by molar-refractivity contribution is -0.137. The summed E-state index contributed by atoms with van der Waals surface area (Å²) in [5.41, 5.74) is 1.19. The predicted molar refractivity (Wildman–Crippen MR) is 83.1 cm³/mol. The van der Waals surface area contributed by atoms with Crippen LogP contribution in [0.1, 0.15) is 31.7 Å². The van der Waals surface area contributed by atoms with Gasteiger partial charge in [-0.15, -0.1) is 0 Å². The molecule has 0 spiro atoms. The van der Waals surface area contributed by atoms with E-state index in [1.54, 1.807) is 7.11 Å². The molecule has 1 aromatic rings. The Balaban J connectivity index is 2.24. The first-order chi connectivity index (χ1) is 9.52. The van der Waals surface area contributed by atoms with Crippen LogP contribution in [0.25, 0.3) is 0 Å². The van der Waals surface area contributed by atoms with Crippen LogP contribution < -0.4 is 10.1 Å². The monoisotopic (exact) mass is 343 g/mol. The number of halogens is 1. The molecule has 4 nitrogen and oxygen atoms in total. The normalized spacial score (nSPS) is 12.2. The van der Waals surface area contributed by atoms with Crippen molar-refractivity contribution in [1.82, 2.24) is 5.32 Å². The molecule has 0 radical (unpaired) electrons. The van der Waals surface area contributed by atoms with Crippen LogP contribution in [0, 0.1) is 5.92 Å². The van der Waals surface area contributed by atoms with Gasteiger partial charge in [0.1, 0.15) is 5.75 Å². The second kappa shape index (κ2) is 8.97. The third-order valence-electron chi connectivity index (χ3n) is 3.21. The minimum atomic E-state index is -0.715. The van der Waals surface area contributed by atoms with Crippen LogP contribution in [0.3, 0.4) is 0 Å². The van der Waals surface area contributed by atoms with E-state index in [1.807, 2.05) is 18.2 Å². The standard InChI is InChI=1S/C15H22BrNO3/c1-11(3-6-15(18)19)7-8-17-10-12-4-5-14(20-2)13(16)9-12/h4-5,9,11,17H,3,6-8,10H2,1-2H3,(H,18,19). The smallest absolute Gasteiger partial charge is 0.303 e. The number of methoxy groups -OCH3 is 1. The Morgan fingerprint density at radius 2 is 2.20 bits per heavy atom. The molecule has 112 valence electrons. The molecule has 0 heterocycles. The van der Waals surface area contributed by atoms with Gasteiger partial charge in [0.25, 0.3) is 0 Å². The molecule has 0 saturated carbocycles. The highest BCUT2D eigenvalue weighted by Crippen LogP contribution is 2.25. The number of benzene rings is 1. The number of rotatable bonds is 9. The highest BCUT2D eigenvalue weighted by molar-refractivity contribution is 9.10. The quantitative estimate of drug-likeness (QED) is 0.674. The zero-order chi connectivity index (χ0) is 15.0. The third kappa shape index (κ3) is 6.39. The molecule has 1 aromatic carbocycles. The summed E-state index contributed by atoms with van der Waals surface area (Å²) in [7, 11) is 1.65. The lowest BCUT2D eigenvalue weighted by Gasteiger charge is -2.11. The van der Waals surface area contributed by atoms with E-state index in [4.69, 9.17) is 9.84 Å². The molecule has 20 heavy (non-hydrogen) atoms. The summed E-state index contributed by atoms with van der Waals surface area (Å²) >= 11 is 3.47. The van der Waals surface area contributed by atoms with Crippen molar-refractivity contribution in [3.63, 3.8) is 0 Å². The van der Waals surface area contributed by atoms with Crippen LogP contribution >= 0.6 is 15.9 Å². The van der Waals surface area contributed by atoms with Crippen LogP contribution in [0.15, 0.2) is 22.7 Å². The van der Waals surface area contributed by atoms with E-state index in [-0.39, 0.29) is 6.42 Å². The fourth-order valence-electron chi connectivity index (χ4n) is 1.92. The Kier molecular flexibility index (Phi) is 7.62. The first kappa shape index (κ1) is 17.0. The van der Waals surface area contributed by atoms with Gasteiger partial charge in [-0.1, -0.05) is 13.0 Å². The van der Waals surface area contributed by atoms with Crippen LogP contribution in [0.2, 0.25) is 0 Å². The Morgan fingerprint density at radius 1 is 1.45 bits per heavy atom. The minimum Gasteiger partial charge on any atom is -0.496 e. The van der Waals surface area contributed by atoms with Crippen LogP contribution in [0.4, 0.5) is 0 Å². The van der Waals surface area contributed by atoms with Crippen molar-refractivity contribution in [2.45, 2.75) is 32.7 Å². The van der Waals surface area contributed by atoms with Crippen LogP contribution in [-0.2, 0) is 11.3 Å². The molecule has 5 heteroatoms. The zero-order valence-electron chi connectivity index (χ0n) is 12.0. The lowest BCUT2D eigenvalue weighted by Crippen LogP contribution is -2.17. The Bertz CT molecular complexity index is 437. The van der Waals surface area contributed by atoms with Crippen molar-refractivity contribution < 1.29 is 14.6 Å². The molecule has 0 aliphatic heterocycles. The number of aliphatic carboxylic acids is 1. The maximum atomic E-state index is 10.5. The highest BCUT2D eigenvalue weighted by atomic mass is 79.9. The van der Waals surface area contributed by atoms with Crippen molar-refractivity contribution in [3.8, 4) is 5.75 Å². The Morgan fingerprint density at radius 3 is 2.80 bits per heavy atom. The summed E-state index contributed by atoms with van der Waals surface area (Å²) in [6.07, 6.45) is 1.99. The van der Waals surface area contributed by atoms with Crippen molar-refractivity contribution in [2.24, 2.45) is 5.92 Å². The summed E-state index contributed by atoms with van der Waals surface area (Å²) in [5, 5.41) is 12.0. The molecule has 1 atom stereocenters. The molecule has 0 amide bonds. The third-order valence-corrected chi connectivity index (χ3v) is 3.83. The SMILES string of the molecule is COc1ccc(CNCCC(C)CCC(=O)O)cc1Br. The first-order valence-corrected chi connectivity index (χ1v) is 7.57. The summed E-state index contributed by atoms with van der Waals surface area (Å²) in [4.78, 5) is 10.5. The van der Waals surface area contributed by atoms with E-state index < -0.39 is 5.97 Å². The van der Waals surface area contributed by atoms with Gasteiger partial charge in [-0.05, 0) is 58.9 Å². The summed E-state index contributed by atoms with van der Waals surface area (Å²) in [6.45, 7) is 3.78. The summed E-state index contributed by atoms with van der Waals surface area (Å²) in [5.74, 6) is 0.546. The van der Waals surface area contributed by atoms with E-state index in [0.717, 1.165) is 36.2 Å². The number of carboxylic acids is 1. The first-order valence-electron chi connectivity index (χ1n) is 6.78. The highest BCUT2D eigenvalue weighted by Gasteiger charge is 2.05. The largest absolute Gasteiger partial charge is 0.496 e. The molecular weight excluding hydrogens is 322 g/mol.